The molecule has 1 heterocycles. The van der Waals surface area contributed by atoms with Crippen molar-refractivity contribution < 1.29 is 9.13 Å². The molecule has 0 fully saturated rings. The zero-order valence-corrected chi connectivity index (χ0v) is 10.4. The monoisotopic (exact) mass is 261 g/mol. The van der Waals surface area contributed by atoms with Crippen LogP contribution in [0.3, 0.4) is 0 Å². The first-order chi connectivity index (χ1) is 8.66. The van der Waals surface area contributed by atoms with Crippen LogP contribution >= 0.6 is 11.6 Å². The van der Waals surface area contributed by atoms with Crippen molar-refractivity contribution in [2.24, 2.45) is 0 Å². The second kappa shape index (κ2) is 4.29. The van der Waals surface area contributed by atoms with Gasteiger partial charge in [0.25, 0.3) is 0 Å². The minimum atomic E-state index is -0.323. The highest BCUT2D eigenvalue weighted by atomic mass is 35.5. The van der Waals surface area contributed by atoms with E-state index in [0.717, 1.165) is 5.56 Å². The van der Waals surface area contributed by atoms with Crippen LogP contribution in [0.5, 0.6) is 5.75 Å². The van der Waals surface area contributed by atoms with Crippen molar-refractivity contribution >= 4 is 11.6 Å². The van der Waals surface area contributed by atoms with Crippen LogP contribution in [0.1, 0.15) is 5.56 Å². The third kappa shape index (κ3) is 1.77. The molecule has 1 atom stereocenters. The van der Waals surface area contributed by atoms with Crippen LogP contribution < -0.4 is 4.74 Å². The van der Waals surface area contributed by atoms with Crippen molar-refractivity contribution in [3.63, 3.8) is 0 Å². The molecule has 0 saturated carbocycles. The molecule has 0 aromatic heterocycles. The SMILES string of the molecule is [CH2]C1Cc2ccc(F)c(-c3ccccc3Cl)c2O1. The lowest BCUT2D eigenvalue weighted by Crippen LogP contribution is -2.06. The summed E-state index contributed by atoms with van der Waals surface area (Å²) in [6, 6.07) is 10.4. The maximum atomic E-state index is 14.1. The fourth-order valence-corrected chi connectivity index (χ4v) is 2.50. The van der Waals surface area contributed by atoms with Gasteiger partial charge in [-0.15, -0.1) is 0 Å². The molecule has 0 spiro atoms. The summed E-state index contributed by atoms with van der Waals surface area (Å²) in [4.78, 5) is 0. The minimum absolute atomic E-state index is 0.164. The van der Waals surface area contributed by atoms with Gasteiger partial charge in [-0.05, 0) is 24.6 Å². The minimum Gasteiger partial charge on any atom is -0.489 e. The second-order valence-electron chi connectivity index (χ2n) is 4.33. The molecule has 1 aliphatic rings. The molecule has 3 rings (SSSR count). The lowest BCUT2D eigenvalue weighted by atomic mass is 10.00. The van der Waals surface area contributed by atoms with Gasteiger partial charge in [-0.25, -0.2) is 4.39 Å². The van der Waals surface area contributed by atoms with Gasteiger partial charge in [-0.1, -0.05) is 35.9 Å². The summed E-state index contributed by atoms with van der Waals surface area (Å²) in [5, 5.41) is 0.515. The Morgan fingerprint density at radius 1 is 1.22 bits per heavy atom. The van der Waals surface area contributed by atoms with E-state index in [1.807, 2.05) is 12.1 Å². The molecule has 0 amide bonds. The summed E-state index contributed by atoms with van der Waals surface area (Å²) in [5.74, 6) is 0.249. The van der Waals surface area contributed by atoms with Crippen LogP contribution in [0.25, 0.3) is 11.1 Å². The number of benzene rings is 2. The van der Waals surface area contributed by atoms with Crippen LogP contribution in [-0.4, -0.2) is 6.10 Å². The van der Waals surface area contributed by atoms with Crippen molar-refractivity contribution in [2.45, 2.75) is 12.5 Å². The Bertz CT molecular complexity index is 609. The smallest absolute Gasteiger partial charge is 0.134 e. The van der Waals surface area contributed by atoms with Gasteiger partial charge >= 0.3 is 0 Å². The third-order valence-corrected chi connectivity index (χ3v) is 3.39. The van der Waals surface area contributed by atoms with Crippen LogP contribution in [0.2, 0.25) is 5.02 Å². The summed E-state index contributed by atoms with van der Waals surface area (Å²) in [5.41, 5.74) is 2.07. The molecule has 0 N–H and O–H groups in total. The number of ether oxygens (including phenoxy) is 1. The highest BCUT2D eigenvalue weighted by Gasteiger charge is 2.26. The van der Waals surface area contributed by atoms with Crippen molar-refractivity contribution in [1.82, 2.24) is 0 Å². The van der Waals surface area contributed by atoms with Crippen LogP contribution in [0.4, 0.5) is 4.39 Å². The van der Waals surface area contributed by atoms with E-state index >= 15 is 0 Å². The molecule has 2 aromatic carbocycles. The summed E-state index contributed by atoms with van der Waals surface area (Å²) in [7, 11) is 0. The lowest BCUT2D eigenvalue weighted by molar-refractivity contribution is 0.281. The van der Waals surface area contributed by atoms with Gasteiger partial charge in [0.05, 0.1) is 5.56 Å². The van der Waals surface area contributed by atoms with Crippen molar-refractivity contribution in [1.29, 1.82) is 0 Å². The summed E-state index contributed by atoms with van der Waals surface area (Å²) in [6.07, 6.45) is 0.538. The zero-order chi connectivity index (χ0) is 12.7. The Labute approximate surface area is 110 Å². The van der Waals surface area contributed by atoms with Crippen LogP contribution in [0.15, 0.2) is 36.4 Å². The number of fused-ring (bicyclic) bond motifs is 1. The fourth-order valence-electron chi connectivity index (χ4n) is 2.27. The summed E-state index contributed by atoms with van der Waals surface area (Å²) >= 11 is 6.13. The Morgan fingerprint density at radius 3 is 2.78 bits per heavy atom. The number of hydrogen-bond donors (Lipinski definition) is 0. The van der Waals surface area contributed by atoms with E-state index in [2.05, 4.69) is 6.92 Å². The average molecular weight is 262 g/mol. The topological polar surface area (TPSA) is 9.23 Å². The van der Waals surface area contributed by atoms with Crippen molar-refractivity contribution in [3.8, 4) is 16.9 Å². The van der Waals surface area contributed by atoms with Gasteiger partial charge < -0.3 is 4.74 Å². The predicted octanol–water partition coefficient (Wildman–Crippen LogP) is 4.28. The first-order valence-electron chi connectivity index (χ1n) is 5.73. The summed E-state index contributed by atoms with van der Waals surface area (Å²) < 4.78 is 19.7. The molecule has 1 nitrogen and oxygen atoms in total. The molecular formula is C15H11ClFO. The molecule has 0 saturated heterocycles. The standard InChI is InChI=1S/C15H11ClFO/c1-9-8-10-6-7-13(17)14(15(10)18-9)11-4-2-3-5-12(11)16/h2-7,9H,1,8H2. The maximum absolute atomic E-state index is 14.1. The van der Waals surface area contributed by atoms with Gasteiger partial charge in [0.2, 0.25) is 0 Å². The van der Waals surface area contributed by atoms with E-state index in [1.54, 1.807) is 18.2 Å². The molecular weight excluding hydrogens is 251 g/mol. The van der Waals surface area contributed by atoms with Crippen LogP contribution in [-0.2, 0) is 6.42 Å². The van der Waals surface area contributed by atoms with E-state index in [0.29, 0.717) is 28.3 Å². The molecule has 0 bridgehead atoms. The molecule has 0 aliphatic carbocycles. The molecule has 91 valence electrons. The number of halogens is 2. The predicted molar refractivity (Wildman–Crippen MR) is 70.3 cm³/mol. The van der Waals surface area contributed by atoms with E-state index < -0.39 is 0 Å². The third-order valence-electron chi connectivity index (χ3n) is 3.06. The zero-order valence-electron chi connectivity index (χ0n) is 9.62. The normalized spacial score (nSPS) is 17.4. The Balaban J connectivity index is 2.25. The van der Waals surface area contributed by atoms with E-state index in [-0.39, 0.29) is 11.9 Å². The Hall–Kier alpha value is -1.54. The van der Waals surface area contributed by atoms with Crippen LogP contribution in [0, 0.1) is 12.7 Å². The molecule has 2 aromatic rings. The largest absolute Gasteiger partial charge is 0.489 e. The molecule has 1 aliphatic heterocycles. The van der Waals surface area contributed by atoms with Gasteiger partial charge in [-0.2, -0.15) is 0 Å². The quantitative estimate of drug-likeness (QED) is 0.744. The Morgan fingerprint density at radius 2 is 2.00 bits per heavy atom. The van der Waals surface area contributed by atoms with Crippen molar-refractivity contribution in [2.75, 3.05) is 0 Å². The maximum Gasteiger partial charge on any atom is 0.134 e. The van der Waals surface area contributed by atoms with Crippen molar-refractivity contribution in [3.05, 3.63) is 59.7 Å². The van der Waals surface area contributed by atoms with Gasteiger partial charge in [0.15, 0.2) is 0 Å². The van der Waals surface area contributed by atoms with Gasteiger partial charge in [0.1, 0.15) is 17.7 Å². The first kappa shape index (κ1) is 11.5. The molecule has 1 unspecified atom stereocenters. The molecule has 3 heteroatoms. The highest BCUT2D eigenvalue weighted by molar-refractivity contribution is 6.33. The summed E-state index contributed by atoms with van der Waals surface area (Å²) in [6.45, 7) is 3.86. The first-order valence-corrected chi connectivity index (χ1v) is 6.10. The average Bonchev–Trinajstić information content (AvgIpc) is 2.71. The van der Waals surface area contributed by atoms with E-state index in [1.165, 1.54) is 6.07 Å². The Kier molecular flexibility index (Phi) is 2.75. The van der Waals surface area contributed by atoms with E-state index in [9.17, 15) is 4.39 Å². The van der Waals surface area contributed by atoms with Gasteiger partial charge in [-0.3, -0.25) is 0 Å². The fraction of sp³-hybridized carbons (Fsp3) is 0.133. The number of rotatable bonds is 1. The molecule has 1 radical (unpaired) electrons. The number of hydrogen-bond acceptors (Lipinski definition) is 1. The highest BCUT2D eigenvalue weighted by Crippen LogP contribution is 2.42. The van der Waals surface area contributed by atoms with Gasteiger partial charge in [0, 0.05) is 17.0 Å². The molecule has 18 heavy (non-hydrogen) atoms. The second-order valence-corrected chi connectivity index (χ2v) is 4.74. The lowest BCUT2D eigenvalue weighted by Gasteiger charge is -2.11. The van der Waals surface area contributed by atoms with E-state index in [4.69, 9.17) is 16.3 Å².